The molecule has 0 aliphatic heterocycles. The molecule has 0 amide bonds. The van der Waals surface area contributed by atoms with Gasteiger partial charge in [0.2, 0.25) is 0 Å². The first kappa shape index (κ1) is 30.0. The van der Waals surface area contributed by atoms with Crippen LogP contribution in [0, 0.1) is 0 Å². The van der Waals surface area contributed by atoms with Crippen LogP contribution in [0.4, 0.5) is 17.1 Å². The lowest BCUT2D eigenvalue weighted by Gasteiger charge is -2.26. The predicted octanol–water partition coefficient (Wildman–Crippen LogP) is 13.9. The smallest absolute Gasteiger partial charge is 0.0619 e. The van der Waals surface area contributed by atoms with E-state index in [1.165, 1.54) is 65.6 Å². The van der Waals surface area contributed by atoms with Crippen molar-refractivity contribution >= 4 is 60.4 Å². The molecule has 2 heteroatoms. The van der Waals surface area contributed by atoms with Crippen molar-refractivity contribution in [2.75, 3.05) is 4.90 Å². The minimum absolute atomic E-state index is 1.11. The summed E-state index contributed by atoms with van der Waals surface area (Å²) < 4.78 is 2.44. The average molecular weight is 663 g/mol. The lowest BCUT2D eigenvalue weighted by molar-refractivity contribution is 1.19. The molecule has 0 saturated carbocycles. The molecule has 0 saturated heterocycles. The number of hydrogen-bond acceptors (Lipinski definition) is 1. The molecule has 10 rings (SSSR count). The van der Waals surface area contributed by atoms with E-state index in [0.29, 0.717) is 0 Å². The van der Waals surface area contributed by atoms with E-state index in [1.54, 1.807) is 0 Å². The summed E-state index contributed by atoms with van der Waals surface area (Å²) in [6.07, 6.45) is 0. The van der Waals surface area contributed by atoms with Gasteiger partial charge in [-0.3, -0.25) is 0 Å². The van der Waals surface area contributed by atoms with Crippen LogP contribution in [0.5, 0.6) is 0 Å². The zero-order chi connectivity index (χ0) is 34.4. The minimum atomic E-state index is 1.11. The highest BCUT2D eigenvalue weighted by Crippen LogP contribution is 2.41. The third-order valence-electron chi connectivity index (χ3n) is 10.3. The van der Waals surface area contributed by atoms with Crippen molar-refractivity contribution in [1.29, 1.82) is 0 Å². The number of anilines is 3. The molecule has 9 aromatic carbocycles. The molecule has 0 radical (unpaired) electrons. The summed E-state index contributed by atoms with van der Waals surface area (Å²) in [6, 6.07) is 74.7. The summed E-state index contributed by atoms with van der Waals surface area (Å²) in [4.78, 5) is 2.37. The topological polar surface area (TPSA) is 8.17 Å². The number of rotatable bonds is 6. The van der Waals surface area contributed by atoms with Crippen LogP contribution in [0.15, 0.2) is 206 Å². The zero-order valence-corrected chi connectivity index (χ0v) is 28.5. The number of hydrogen-bond donors (Lipinski definition) is 0. The third kappa shape index (κ3) is 5.12. The quantitative estimate of drug-likeness (QED) is 0.172. The SMILES string of the molecule is c1ccc(-c2cccc(N(c3ccc(-c4ccc5c6ccc7ccccc7c6n(-c6ccccc6)c5c4)cc3)c3ccc4ccccc4c3)c2)cc1. The van der Waals surface area contributed by atoms with E-state index in [0.717, 1.165) is 22.7 Å². The van der Waals surface area contributed by atoms with Gasteiger partial charge in [0.25, 0.3) is 0 Å². The number of para-hydroxylation sites is 1. The molecule has 0 aliphatic rings. The summed E-state index contributed by atoms with van der Waals surface area (Å²) in [6.45, 7) is 0. The van der Waals surface area contributed by atoms with E-state index < -0.39 is 0 Å². The normalized spacial score (nSPS) is 11.5. The highest BCUT2D eigenvalue weighted by molar-refractivity contribution is 6.19. The minimum Gasteiger partial charge on any atom is -0.310 e. The van der Waals surface area contributed by atoms with Crippen molar-refractivity contribution in [2.45, 2.75) is 0 Å². The van der Waals surface area contributed by atoms with Crippen molar-refractivity contribution in [2.24, 2.45) is 0 Å². The molecule has 1 aromatic heterocycles. The summed E-state index contributed by atoms with van der Waals surface area (Å²) >= 11 is 0. The van der Waals surface area contributed by atoms with Gasteiger partial charge in [0.15, 0.2) is 0 Å². The molecule has 244 valence electrons. The van der Waals surface area contributed by atoms with Crippen LogP contribution in [-0.2, 0) is 0 Å². The van der Waals surface area contributed by atoms with Crippen molar-refractivity contribution in [3.8, 4) is 27.9 Å². The second-order valence-corrected chi connectivity index (χ2v) is 13.4. The van der Waals surface area contributed by atoms with Crippen LogP contribution in [0.1, 0.15) is 0 Å². The van der Waals surface area contributed by atoms with E-state index >= 15 is 0 Å². The maximum atomic E-state index is 2.44. The molecule has 0 spiro atoms. The van der Waals surface area contributed by atoms with Crippen molar-refractivity contribution < 1.29 is 0 Å². The summed E-state index contributed by atoms with van der Waals surface area (Å²) in [7, 11) is 0. The van der Waals surface area contributed by atoms with Gasteiger partial charge in [0.05, 0.1) is 11.0 Å². The molecule has 1 heterocycles. The second-order valence-electron chi connectivity index (χ2n) is 13.4. The average Bonchev–Trinajstić information content (AvgIpc) is 3.56. The first-order chi connectivity index (χ1) is 25.8. The summed E-state index contributed by atoms with van der Waals surface area (Å²) in [5.74, 6) is 0. The second kappa shape index (κ2) is 12.5. The molecule has 0 fully saturated rings. The molecule has 2 nitrogen and oxygen atoms in total. The zero-order valence-electron chi connectivity index (χ0n) is 28.5. The van der Waals surface area contributed by atoms with E-state index in [2.05, 4.69) is 216 Å². The largest absolute Gasteiger partial charge is 0.310 e. The van der Waals surface area contributed by atoms with Crippen molar-refractivity contribution in [3.63, 3.8) is 0 Å². The molecule has 0 aliphatic carbocycles. The van der Waals surface area contributed by atoms with Crippen molar-refractivity contribution in [1.82, 2.24) is 4.57 Å². The first-order valence-corrected chi connectivity index (χ1v) is 17.8. The van der Waals surface area contributed by atoms with Gasteiger partial charge < -0.3 is 9.47 Å². The molecular weight excluding hydrogens is 629 g/mol. The summed E-state index contributed by atoms with van der Waals surface area (Å²) in [5.41, 5.74) is 11.7. The highest BCUT2D eigenvalue weighted by Gasteiger charge is 2.17. The molecular formula is C50H34N2. The Morgan fingerprint density at radius 2 is 0.885 bits per heavy atom. The first-order valence-electron chi connectivity index (χ1n) is 17.8. The molecule has 0 bridgehead atoms. The molecule has 10 aromatic rings. The number of fused-ring (bicyclic) bond motifs is 6. The van der Waals surface area contributed by atoms with Crippen LogP contribution in [-0.4, -0.2) is 4.57 Å². The predicted molar refractivity (Wildman–Crippen MR) is 221 cm³/mol. The van der Waals surface area contributed by atoms with Crippen LogP contribution in [0.3, 0.4) is 0 Å². The monoisotopic (exact) mass is 662 g/mol. The van der Waals surface area contributed by atoms with Gasteiger partial charge in [-0.2, -0.15) is 0 Å². The molecule has 0 N–H and O–H groups in total. The number of aromatic nitrogens is 1. The van der Waals surface area contributed by atoms with Crippen LogP contribution >= 0.6 is 0 Å². The van der Waals surface area contributed by atoms with E-state index in [-0.39, 0.29) is 0 Å². The lowest BCUT2D eigenvalue weighted by atomic mass is 10.0. The van der Waals surface area contributed by atoms with Gasteiger partial charge in [0.1, 0.15) is 0 Å². The van der Waals surface area contributed by atoms with Gasteiger partial charge in [0, 0.05) is 38.9 Å². The highest BCUT2D eigenvalue weighted by atomic mass is 15.1. The van der Waals surface area contributed by atoms with Gasteiger partial charge in [-0.25, -0.2) is 0 Å². The van der Waals surface area contributed by atoms with Crippen molar-refractivity contribution in [3.05, 3.63) is 206 Å². The van der Waals surface area contributed by atoms with Gasteiger partial charge in [-0.05, 0) is 93.0 Å². The van der Waals surface area contributed by atoms with Gasteiger partial charge in [-0.1, -0.05) is 152 Å². The Balaban J connectivity index is 1.11. The van der Waals surface area contributed by atoms with Crippen LogP contribution in [0.2, 0.25) is 0 Å². The molecule has 0 atom stereocenters. The Hall–Kier alpha value is -6.90. The number of nitrogens with zero attached hydrogens (tertiary/aromatic N) is 2. The Labute approximate surface area is 303 Å². The van der Waals surface area contributed by atoms with E-state index in [4.69, 9.17) is 0 Å². The standard InChI is InChI=1S/C50H34N2/c1-3-12-35(13-4-1)40-17-11-20-44(32-40)51(45-29-24-36-14-7-8-16-39(36)33-45)43-27-22-37(23-28-43)41-26-30-47-48-31-25-38-15-9-10-21-46(38)50(48)52(49(47)34-41)42-18-5-2-6-19-42/h1-34H. The molecule has 52 heavy (non-hydrogen) atoms. The fourth-order valence-corrected chi connectivity index (χ4v) is 7.82. The Morgan fingerprint density at radius 1 is 0.308 bits per heavy atom. The fourth-order valence-electron chi connectivity index (χ4n) is 7.82. The summed E-state index contributed by atoms with van der Waals surface area (Å²) in [5, 5.41) is 7.48. The van der Waals surface area contributed by atoms with E-state index in [1.807, 2.05) is 0 Å². The number of benzene rings is 9. The van der Waals surface area contributed by atoms with Crippen LogP contribution in [0.25, 0.3) is 71.3 Å². The third-order valence-corrected chi connectivity index (χ3v) is 10.3. The van der Waals surface area contributed by atoms with E-state index in [9.17, 15) is 0 Å². The Kier molecular flexibility index (Phi) is 7.18. The molecule has 0 unspecified atom stereocenters. The Bertz CT molecular complexity index is 2890. The lowest BCUT2D eigenvalue weighted by Crippen LogP contribution is -2.10. The van der Waals surface area contributed by atoms with Gasteiger partial charge >= 0.3 is 0 Å². The van der Waals surface area contributed by atoms with Crippen LogP contribution < -0.4 is 4.90 Å². The fraction of sp³-hybridized carbons (Fsp3) is 0. The maximum absolute atomic E-state index is 2.44. The Morgan fingerprint density at radius 3 is 1.71 bits per heavy atom. The van der Waals surface area contributed by atoms with Gasteiger partial charge in [-0.15, -0.1) is 0 Å². The maximum Gasteiger partial charge on any atom is 0.0619 e.